The minimum absolute atomic E-state index is 0.0626. The molecule has 0 spiro atoms. The highest BCUT2D eigenvalue weighted by atomic mass is 19.4. The van der Waals surface area contributed by atoms with Gasteiger partial charge in [-0.05, 0) is 43.8 Å². The third-order valence-corrected chi connectivity index (χ3v) is 4.42. The number of nitrogens with zero attached hydrogens (tertiary/aromatic N) is 2. The van der Waals surface area contributed by atoms with Crippen molar-refractivity contribution in [2.24, 2.45) is 0 Å². The van der Waals surface area contributed by atoms with Crippen LogP contribution in [-0.2, 0) is 16.1 Å². The summed E-state index contributed by atoms with van der Waals surface area (Å²) in [5.74, 6) is -0.909. The van der Waals surface area contributed by atoms with Crippen LogP contribution in [-0.4, -0.2) is 54.7 Å². The first-order chi connectivity index (χ1) is 14.0. The lowest BCUT2D eigenvalue weighted by Gasteiger charge is -2.27. The van der Waals surface area contributed by atoms with Crippen molar-refractivity contribution in [2.75, 3.05) is 26.0 Å². The first-order valence-corrected chi connectivity index (χ1v) is 9.20. The van der Waals surface area contributed by atoms with Gasteiger partial charge >= 0.3 is 6.36 Å². The number of rotatable bonds is 8. The average molecular weight is 423 g/mol. The number of likely N-dealkylation sites (N-methyl/N-ethyl adjacent to an activating group) is 2. The summed E-state index contributed by atoms with van der Waals surface area (Å²) in [6, 6.07) is 13.8. The van der Waals surface area contributed by atoms with Gasteiger partial charge in [0.25, 0.3) is 0 Å². The molecule has 6 nitrogen and oxygen atoms in total. The third-order valence-electron chi connectivity index (χ3n) is 4.42. The van der Waals surface area contributed by atoms with E-state index >= 15 is 0 Å². The predicted molar refractivity (Wildman–Crippen MR) is 107 cm³/mol. The smallest absolute Gasteiger partial charge is 0.406 e. The van der Waals surface area contributed by atoms with Crippen LogP contribution in [0.1, 0.15) is 12.5 Å². The summed E-state index contributed by atoms with van der Waals surface area (Å²) in [7, 11) is 3.35. The Morgan fingerprint density at radius 3 is 2.20 bits per heavy atom. The number of alkyl halides is 3. The first-order valence-electron chi connectivity index (χ1n) is 9.20. The van der Waals surface area contributed by atoms with E-state index in [0.717, 1.165) is 17.7 Å². The van der Waals surface area contributed by atoms with Crippen LogP contribution in [0.3, 0.4) is 0 Å². The molecule has 0 aliphatic rings. The molecule has 1 atom stereocenters. The van der Waals surface area contributed by atoms with Crippen LogP contribution >= 0.6 is 0 Å². The molecule has 2 aromatic carbocycles. The molecule has 1 N–H and O–H groups in total. The predicted octanol–water partition coefficient (Wildman–Crippen LogP) is 3.50. The van der Waals surface area contributed by atoms with Gasteiger partial charge in [-0.2, -0.15) is 0 Å². The monoisotopic (exact) mass is 423 g/mol. The van der Waals surface area contributed by atoms with E-state index in [2.05, 4.69) is 10.1 Å². The maximum atomic E-state index is 12.6. The molecular formula is C21H24F3N3O3. The Morgan fingerprint density at radius 2 is 1.63 bits per heavy atom. The van der Waals surface area contributed by atoms with E-state index in [1.54, 1.807) is 30.8 Å². The highest BCUT2D eigenvalue weighted by Gasteiger charge is 2.31. The van der Waals surface area contributed by atoms with Gasteiger partial charge in [-0.25, -0.2) is 0 Å². The summed E-state index contributed by atoms with van der Waals surface area (Å²) < 4.78 is 40.3. The Balaban J connectivity index is 1.86. The summed E-state index contributed by atoms with van der Waals surface area (Å²) >= 11 is 0. The average Bonchev–Trinajstić information content (AvgIpc) is 2.67. The number of ether oxygens (including phenoxy) is 1. The zero-order chi connectivity index (χ0) is 22.3. The van der Waals surface area contributed by atoms with Crippen molar-refractivity contribution in [2.45, 2.75) is 25.9 Å². The van der Waals surface area contributed by atoms with E-state index in [1.807, 2.05) is 30.3 Å². The van der Waals surface area contributed by atoms with Gasteiger partial charge in [0.2, 0.25) is 11.8 Å². The maximum absolute atomic E-state index is 12.6. The number of hydrogen-bond acceptors (Lipinski definition) is 4. The molecular weight excluding hydrogens is 399 g/mol. The number of hydrogen-bond donors (Lipinski definition) is 1. The van der Waals surface area contributed by atoms with Crippen LogP contribution in [0.15, 0.2) is 54.6 Å². The van der Waals surface area contributed by atoms with Crippen LogP contribution < -0.4 is 10.1 Å². The molecule has 2 aromatic rings. The number of carbonyl (C=O) groups excluding carboxylic acids is 2. The van der Waals surface area contributed by atoms with Crippen LogP contribution in [0.25, 0.3) is 0 Å². The third kappa shape index (κ3) is 7.40. The number of carbonyl (C=O) groups is 2. The number of anilines is 1. The fourth-order valence-electron chi connectivity index (χ4n) is 2.75. The molecule has 0 aromatic heterocycles. The number of benzene rings is 2. The normalized spacial score (nSPS) is 12.4. The molecule has 162 valence electrons. The lowest BCUT2D eigenvalue weighted by Crippen LogP contribution is -2.46. The highest BCUT2D eigenvalue weighted by molar-refractivity contribution is 5.92. The molecule has 0 saturated heterocycles. The quantitative estimate of drug-likeness (QED) is 0.706. The molecule has 0 heterocycles. The zero-order valence-corrected chi connectivity index (χ0v) is 16.9. The van der Waals surface area contributed by atoms with Crippen LogP contribution in [0, 0.1) is 0 Å². The highest BCUT2D eigenvalue weighted by Crippen LogP contribution is 2.23. The zero-order valence-electron chi connectivity index (χ0n) is 16.9. The van der Waals surface area contributed by atoms with Crippen LogP contribution in [0.2, 0.25) is 0 Å². The van der Waals surface area contributed by atoms with Crippen molar-refractivity contribution in [1.82, 2.24) is 9.80 Å². The van der Waals surface area contributed by atoms with Gasteiger partial charge in [-0.3, -0.25) is 14.5 Å². The van der Waals surface area contributed by atoms with Crippen LogP contribution in [0.4, 0.5) is 18.9 Å². The molecule has 30 heavy (non-hydrogen) atoms. The van der Waals surface area contributed by atoms with Crippen molar-refractivity contribution < 1.29 is 27.5 Å². The molecule has 0 unspecified atom stereocenters. The molecule has 9 heteroatoms. The van der Waals surface area contributed by atoms with Gasteiger partial charge in [0.15, 0.2) is 0 Å². The summed E-state index contributed by atoms with van der Waals surface area (Å²) in [5, 5.41) is 2.58. The van der Waals surface area contributed by atoms with Gasteiger partial charge in [0.05, 0.1) is 12.6 Å². The number of amides is 2. The van der Waals surface area contributed by atoms with E-state index in [0.29, 0.717) is 12.2 Å². The van der Waals surface area contributed by atoms with Gasteiger partial charge in [-0.1, -0.05) is 30.3 Å². The SMILES string of the molecule is C[C@H](C(=O)N(C)Cc1ccccc1)N(C)CC(=O)Nc1ccc(OC(F)(F)F)cc1. The summed E-state index contributed by atoms with van der Waals surface area (Å²) in [6.45, 7) is 2.10. The Kier molecular flexibility index (Phi) is 7.82. The Morgan fingerprint density at radius 1 is 1.03 bits per heavy atom. The molecule has 2 rings (SSSR count). The lowest BCUT2D eigenvalue weighted by atomic mass is 10.2. The molecule has 0 aliphatic heterocycles. The van der Waals surface area contributed by atoms with Crippen LogP contribution in [0.5, 0.6) is 5.75 Å². The Bertz CT molecular complexity index is 842. The van der Waals surface area contributed by atoms with Gasteiger partial charge in [-0.15, -0.1) is 13.2 Å². The van der Waals surface area contributed by atoms with E-state index in [1.165, 1.54) is 12.1 Å². The van der Waals surface area contributed by atoms with Crippen molar-refractivity contribution in [3.05, 3.63) is 60.2 Å². The standard InChI is InChI=1S/C21H24F3N3O3/c1-15(20(29)27(3)13-16-7-5-4-6-8-16)26(2)14-19(28)25-17-9-11-18(12-10-17)30-21(22,23)24/h4-12,15H,13-14H2,1-3H3,(H,25,28)/t15-/m1/s1. The number of nitrogens with one attached hydrogen (secondary N) is 1. The molecule has 0 aliphatic carbocycles. The van der Waals surface area contributed by atoms with Gasteiger partial charge < -0.3 is 15.0 Å². The van der Waals surface area contributed by atoms with Gasteiger partial charge in [0, 0.05) is 19.3 Å². The Labute approximate surface area is 173 Å². The first kappa shape index (κ1) is 23.2. The fourth-order valence-corrected chi connectivity index (χ4v) is 2.75. The van der Waals surface area contributed by atoms with Gasteiger partial charge in [0.1, 0.15) is 5.75 Å². The molecule has 0 radical (unpaired) electrons. The summed E-state index contributed by atoms with van der Waals surface area (Å²) in [5.41, 5.74) is 1.32. The lowest BCUT2D eigenvalue weighted by molar-refractivity contribution is -0.274. The molecule has 0 saturated carbocycles. The minimum Gasteiger partial charge on any atom is -0.406 e. The fraction of sp³-hybridized carbons (Fsp3) is 0.333. The number of halogens is 3. The van der Waals surface area contributed by atoms with Crippen molar-refractivity contribution in [1.29, 1.82) is 0 Å². The summed E-state index contributed by atoms with van der Waals surface area (Å²) in [6.07, 6.45) is -4.77. The van der Waals surface area contributed by atoms with Crippen molar-refractivity contribution in [3.8, 4) is 5.75 Å². The Hall–Kier alpha value is -3.07. The van der Waals surface area contributed by atoms with Crippen molar-refractivity contribution in [3.63, 3.8) is 0 Å². The van der Waals surface area contributed by atoms with Crippen molar-refractivity contribution >= 4 is 17.5 Å². The van der Waals surface area contributed by atoms with E-state index in [-0.39, 0.29) is 18.2 Å². The molecule has 0 bridgehead atoms. The summed E-state index contributed by atoms with van der Waals surface area (Å²) in [4.78, 5) is 28.1. The second-order valence-electron chi connectivity index (χ2n) is 6.89. The topological polar surface area (TPSA) is 61.9 Å². The maximum Gasteiger partial charge on any atom is 0.573 e. The second-order valence-corrected chi connectivity index (χ2v) is 6.89. The molecule has 0 fully saturated rings. The minimum atomic E-state index is -4.77. The van der Waals surface area contributed by atoms with E-state index in [9.17, 15) is 22.8 Å². The van der Waals surface area contributed by atoms with E-state index < -0.39 is 18.3 Å². The molecule has 2 amide bonds. The second kappa shape index (κ2) is 10.1. The largest absolute Gasteiger partial charge is 0.573 e. The van der Waals surface area contributed by atoms with E-state index in [4.69, 9.17) is 0 Å².